The minimum Gasteiger partial charge on any atom is -0.451 e. The van der Waals surface area contributed by atoms with Gasteiger partial charge in [-0.25, -0.2) is 4.79 Å². The van der Waals surface area contributed by atoms with E-state index in [1.54, 1.807) is 49.4 Å². The molecule has 0 atom stereocenters. The Morgan fingerprint density at radius 1 is 1.03 bits per heavy atom. The SMILES string of the molecule is CCNC(=O)c1cccc(NC(=O)COC(=O)c2cc3ccccc3c(=O)[nH]2)c1. The molecule has 1 heterocycles. The van der Waals surface area contributed by atoms with Gasteiger partial charge < -0.3 is 20.4 Å². The van der Waals surface area contributed by atoms with Crippen molar-refractivity contribution in [3.8, 4) is 0 Å². The summed E-state index contributed by atoms with van der Waals surface area (Å²) in [4.78, 5) is 50.6. The highest BCUT2D eigenvalue weighted by Gasteiger charge is 2.13. The Bertz CT molecular complexity index is 1140. The smallest absolute Gasteiger partial charge is 0.355 e. The van der Waals surface area contributed by atoms with Gasteiger partial charge in [0.2, 0.25) is 0 Å². The fraction of sp³-hybridized carbons (Fsp3) is 0.143. The first-order valence-corrected chi connectivity index (χ1v) is 8.95. The molecule has 3 rings (SSSR count). The lowest BCUT2D eigenvalue weighted by molar-refractivity contribution is -0.119. The van der Waals surface area contributed by atoms with Crippen molar-refractivity contribution in [2.75, 3.05) is 18.5 Å². The fourth-order valence-electron chi connectivity index (χ4n) is 2.73. The predicted octanol–water partition coefficient (Wildman–Crippen LogP) is 2.07. The van der Waals surface area contributed by atoms with Crippen LogP contribution < -0.4 is 16.2 Å². The highest BCUT2D eigenvalue weighted by molar-refractivity contribution is 5.98. The van der Waals surface area contributed by atoms with E-state index >= 15 is 0 Å². The van der Waals surface area contributed by atoms with Gasteiger partial charge in [0.05, 0.1) is 0 Å². The van der Waals surface area contributed by atoms with Gasteiger partial charge in [-0.3, -0.25) is 14.4 Å². The zero-order valence-corrected chi connectivity index (χ0v) is 15.7. The third kappa shape index (κ3) is 4.86. The van der Waals surface area contributed by atoms with E-state index in [9.17, 15) is 19.2 Å². The number of benzene rings is 2. The first-order valence-electron chi connectivity index (χ1n) is 8.95. The van der Waals surface area contributed by atoms with Crippen molar-refractivity contribution in [3.05, 3.63) is 76.2 Å². The van der Waals surface area contributed by atoms with Crippen LogP contribution in [0.1, 0.15) is 27.8 Å². The van der Waals surface area contributed by atoms with Gasteiger partial charge in [-0.2, -0.15) is 0 Å². The van der Waals surface area contributed by atoms with E-state index in [0.29, 0.717) is 28.6 Å². The molecule has 148 valence electrons. The fourth-order valence-corrected chi connectivity index (χ4v) is 2.73. The van der Waals surface area contributed by atoms with E-state index in [0.717, 1.165) is 0 Å². The van der Waals surface area contributed by atoms with E-state index in [1.807, 2.05) is 0 Å². The number of rotatable bonds is 6. The Morgan fingerprint density at radius 3 is 2.62 bits per heavy atom. The second-order valence-corrected chi connectivity index (χ2v) is 6.16. The number of aromatic amines is 1. The van der Waals surface area contributed by atoms with Gasteiger partial charge in [-0.15, -0.1) is 0 Å². The standard InChI is InChI=1S/C21H19N3O5/c1-2-22-19(26)14-7-5-8-15(10-14)23-18(25)12-29-21(28)17-11-13-6-3-4-9-16(13)20(27)24-17/h3-11H,2,12H2,1H3,(H,22,26)(H,23,25)(H,24,27). The van der Waals surface area contributed by atoms with Gasteiger partial charge in [-0.05, 0) is 42.6 Å². The number of carbonyl (C=O) groups is 3. The molecule has 8 heteroatoms. The molecule has 0 radical (unpaired) electrons. The predicted molar refractivity (Wildman–Crippen MR) is 108 cm³/mol. The number of aromatic nitrogens is 1. The Balaban J connectivity index is 1.62. The highest BCUT2D eigenvalue weighted by atomic mass is 16.5. The van der Waals surface area contributed by atoms with Crippen molar-refractivity contribution < 1.29 is 19.1 Å². The normalized spacial score (nSPS) is 10.4. The number of amides is 2. The average Bonchev–Trinajstić information content (AvgIpc) is 2.72. The van der Waals surface area contributed by atoms with Gasteiger partial charge in [0, 0.05) is 23.2 Å². The summed E-state index contributed by atoms with van der Waals surface area (Å²) in [5.41, 5.74) is 0.339. The van der Waals surface area contributed by atoms with Crippen LogP contribution in [0.3, 0.4) is 0 Å². The summed E-state index contributed by atoms with van der Waals surface area (Å²) in [6.07, 6.45) is 0. The van der Waals surface area contributed by atoms with Gasteiger partial charge >= 0.3 is 5.97 Å². The number of hydrogen-bond acceptors (Lipinski definition) is 5. The zero-order valence-electron chi connectivity index (χ0n) is 15.7. The summed E-state index contributed by atoms with van der Waals surface area (Å²) >= 11 is 0. The molecule has 2 amide bonds. The molecule has 0 saturated carbocycles. The molecule has 3 N–H and O–H groups in total. The van der Waals surface area contributed by atoms with Crippen LogP contribution in [0.5, 0.6) is 0 Å². The van der Waals surface area contributed by atoms with Crippen LogP contribution >= 0.6 is 0 Å². The molecular formula is C21H19N3O5. The first-order chi connectivity index (χ1) is 14.0. The number of esters is 1. The van der Waals surface area contributed by atoms with Crippen molar-refractivity contribution in [1.82, 2.24) is 10.3 Å². The largest absolute Gasteiger partial charge is 0.451 e. The molecule has 0 unspecified atom stereocenters. The minimum absolute atomic E-state index is 0.0419. The van der Waals surface area contributed by atoms with Crippen LogP contribution in [0.4, 0.5) is 5.69 Å². The van der Waals surface area contributed by atoms with Gasteiger partial charge in [0.15, 0.2) is 6.61 Å². The lowest BCUT2D eigenvalue weighted by atomic mass is 10.1. The topological polar surface area (TPSA) is 117 Å². The lowest BCUT2D eigenvalue weighted by Gasteiger charge is -2.08. The molecule has 0 aliphatic heterocycles. The molecule has 0 bridgehead atoms. The summed E-state index contributed by atoms with van der Waals surface area (Å²) in [7, 11) is 0. The van der Waals surface area contributed by atoms with Crippen LogP contribution in [0.2, 0.25) is 0 Å². The van der Waals surface area contributed by atoms with Crippen molar-refractivity contribution >= 4 is 34.2 Å². The maximum atomic E-state index is 12.2. The molecule has 0 fully saturated rings. The Kier molecular flexibility index (Phi) is 6.03. The van der Waals surface area contributed by atoms with Crippen molar-refractivity contribution in [2.24, 2.45) is 0 Å². The number of nitrogens with one attached hydrogen (secondary N) is 3. The van der Waals surface area contributed by atoms with Crippen LogP contribution in [0.15, 0.2) is 59.4 Å². The van der Waals surface area contributed by atoms with E-state index in [-0.39, 0.29) is 11.6 Å². The summed E-state index contributed by atoms with van der Waals surface area (Å²) in [6.45, 7) is 1.75. The molecule has 29 heavy (non-hydrogen) atoms. The summed E-state index contributed by atoms with van der Waals surface area (Å²) < 4.78 is 4.98. The van der Waals surface area contributed by atoms with E-state index in [1.165, 1.54) is 12.1 Å². The average molecular weight is 393 g/mol. The maximum absolute atomic E-state index is 12.2. The van der Waals surface area contributed by atoms with Crippen molar-refractivity contribution in [1.29, 1.82) is 0 Å². The van der Waals surface area contributed by atoms with Gasteiger partial charge in [0.1, 0.15) is 5.69 Å². The molecule has 8 nitrogen and oxygen atoms in total. The van der Waals surface area contributed by atoms with Crippen LogP contribution in [-0.2, 0) is 9.53 Å². The second kappa shape index (κ2) is 8.83. The first kappa shape index (κ1) is 19.8. The van der Waals surface area contributed by atoms with Crippen LogP contribution in [-0.4, -0.2) is 35.9 Å². The van der Waals surface area contributed by atoms with Gasteiger partial charge in [0.25, 0.3) is 17.4 Å². The highest BCUT2D eigenvalue weighted by Crippen LogP contribution is 2.12. The Morgan fingerprint density at radius 2 is 1.83 bits per heavy atom. The molecule has 2 aromatic carbocycles. The Labute approximate surface area is 165 Å². The van der Waals surface area contributed by atoms with Crippen LogP contribution in [0.25, 0.3) is 10.8 Å². The number of pyridine rings is 1. The van der Waals surface area contributed by atoms with Crippen LogP contribution in [0, 0.1) is 0 Å². The summed E-state index contributed by atoms with van der Waals surface area (Å²) in [5, 5.41) is 6.27. The van der Waals surface area contributed by atoms with Gasteiger partial charge in [-0.1, -0.05) is 24.3 Å². The third-order valence-corrected chi connectivity index (χ3v) is 4.05. The number of fused-ring (bicyclic) bond motifs is 1. The lowest BCUT2D eigenvalue weighted by Crippen LogP contribution is -2.24. The zero-order chi connectivity index (χ0) is 20.8. The van der Waals surface area contributed by atoms with E-state index < -0.39 is 24.0 Å². The molecule has 1 aromatic heterocycles. The number of anilines is 1. The third-order valence-electron chi connectivity index (χ3n) is 4.05. The maximum Gasteiger partial charge on any atom is 0.355 e. The number of carbonyl (C=O) groups excluding carboxylic acids is 3. The summed E-state index contributed by atoms with van der Waals surface area (Å²) in [5.74, 6) is -1.65. The molecule has 0 saturated heterocycles. The van der Waals surface area contributed by atoms with E-state index in [4.69, 9.17) is 4.74 Å². The summed E-state index contributed by atoms with van der Waals surface area (Å²) in [6, 6.07) is 14.7. The quantitative estimate of drug-likeness (QED) is 0.554. The van der Waals surface area contributed by atoms with E-state index in [2.05, 4.69) is 15.6 Å². The number of ether oxygens (including phenoxy) is 1. The number of H-pyrrole nitrogens is 1. The molecule has 0 spiro atoms. The second-order valence-electron chi connectivity index (χ2n) is 6.16. The van der Waals surface area contributed by atoms with Crippen molar-refractivity contribution in [3.63, 3.8) is 0 Å². The molecule has 0 aliphatic carbocycles. The Hall–Kier alpha value is -3.94. The monoisotopic (exact) mass is 393 g/mol. The van der Waals surface area contributed by atoms with Crippen molar-refractivity contribution in [2.45, 2.75) is 6.92 Å². The molecule has 3 aromatic rings. The molecular weight excluding hydrogens is 374 g/mol. The number of hydrogen-bond donors (Lipinski definition) is 3. The molecule has 0 aliphatic rings. The minimum atomic E-state index is -0.820.